The Kier molecular flexibility index (Phi) is 2.39. The number of hydrogen-bond acceptors (Lipinski definition) is 1. The zero-order chi connectivity index (χ0) is 6.69. The first-order valence-corrected chi connectivity index (χ1v) is 4.80. The van der Waals surface area contributed by atoms with Gasteiger partial charge in [0.25, 0.3) is 5.91 Å². The fraction of sp³-hybridized carbons (Fsp3) is 0.833. The number of hydrogen-bond donors (Lipinski definition) is 1. The van der Waals surface area contributed by atoms with Crippen LogP contribution in [0.1, 0.15) is 19.8 Å². The second kappa shape index (κ2) is 3.11. The van der Waals surface area contributed by atoms with Gasteiger partial charge in [0.2, 0.25) is 0 Å². The van der Waals surface area contributed by atoms with Crippen LogP contribution in [0.3, 0.4) is 0 Å². The molecule has 0 bridgehead atoms. The topological polar surface area (TPSA) is 29.1 Å². The second-order valence-corrected chi connectivity index (χ2v) is 4.27. The molecule has 0 atom stereocenters. The Morgan fingerprint density at radius 3 is 2.44 bits per heavy atom. The molecule has 52 valence electrons. The highest BCUT2D eigenvalue weighted by Crippen LogP contribution is 2.09. The third-order valence-corrected chi connectivity index (χ3v) is 3.46. The molecule has 0 aliphatic carbocycles. The van der Waals surface area contributed by atoms with Crippen molar-refractivity contribution >= 4 is 17.0 Å². The lowest BCUT2D eigenvalue weighted by atomic mass is 10.4. The van der Waals surface area contributed by atoms with E-state index >= 15 is 0 Å². The monoisotopic (exact) mass is 146 g/mol. The molecule has 0 aromatic heterocycles. The van der Waals surface area contributed by atoms with Gasteiger partial charge in [-0.3, -0.25) is 4.79 Å². The van der Waals surface area contributed by atoms with Crippen LogP contribution in [0.5, 0.6) is 0 Å². The molecule has 2 nitrogen and oxygen atoms in total. The lowest BCUT2D eigenvalue weighted by Gasteiger charge is -1.96. The summed E-state index contributed by atoms with van der Waals surface area (Å²) in [5.41, 5.74) is 0. The van der Waals surface area contributed by atoms with E-state index in [0.29, 0.717) is 0 Å². The highest BCUT2D eigenvalue weighted by atomic mass is 32.2. The molecule has 1 fully saturated rings. The first-order valence-electron chi connectivity index (χ1n) is 3.24. The van der Waals surface area contributed by atoms with Gasteiger partial charge in [0.1, 0.15) is 22.6 Å². The van der Waals surface area contributed by atoms with Crippen LogP contribution in [0.25, 0.3) is 0 Å². The summed E-state index contributed by atoms with van der Waals surface area (Å²) in [6, 6.07) is 0. The molecule has 1 N–H and O–H groups in total. The Labute approximate surface area is 58.5 Å². The number of carbonyl (C=O) groups is 1. The third-order valence-electron chi connectivity index (χ3n) is 1.32. The summed E-state index contributed by atoms with van der Waals surface area (Å²) in [4.78, 5) is 10.5. The predicted molar refractivity (Wildman–Crippen MR) is 40.1 cm³/mol. The molecule has 9 heavy (non-hydrogen) atoms. The van der Waals surface area contributed by atoms with Gasteiger partial charge >= 0.3 is 0 Å². The largest absolute Gasteiger partial charge is 0.271 e. The zero-order valence-electron chi connectivity index (χ0n) is 5.64. The average Bonchev–Trinajstić information content (AvgIpc) is 2.15. The van der Waals surface area contributed by atoms with Crippen LogP contribution in [0.15, 0.2) is 0 Å². The molecule has 1 saturated heterocycles. The summed E-state index contributed by atoms with van der Waals surface area (Å²) in [5, 5.41) is 0. The van der Waals surface area contributed by atoms with E-state index < -0.39 is 0 Å². The van der Waals surface area contributed by atoms with E-state index in [9.17, 15) is 4.79 Å². The maximum absolute atomic E-state index is 10.5. The number of amides is 1. The molecule has 1 rings (SSSR count). The minimum absolute atomic E-state index is 0.125. The Bertz CT molecular complexity index is 110. The summed E-state index contributed by atoms with van der Waals surface area (Å²) >= 11 is 0.243. The van der Waals surface area contributed by atoms with Crippen molar-refractivity contribution < 1.29 is 4.79 Å². The van der Waals surface area contributed by atoms with Crippen molar-refractivity contribution in [3.8, 4) is 0 Å². The van der Waals surface area contributed by atoms with Crippen LogP contribution >= 0.6 is 0 Å². The summed E-state index contributed by atoms with van der Waals surface area (Å²) in [6.45, 7) is 1.59. The highest BCUT2D eigenvalue weighted by molar-refractivity contribution is 7.95. The van der Waals surface area contributed by atoms with Gasteiger partial charge in [-0.15, -0.1) is 0 Å². The summed E-state index contributed by atoms with van der Waals surface area (Å²) in [5.74, 6) is 2.54. The smallest absolute Gasteiger partial charge is 0.257 e. The van der Waals surface area contributed by atoms with Crippen LogP contribution in [0.4, 0.5) is 0 Å². The molecule has 1 aliphatic heterocycles. The van der Waals surface area contributed by atoms with Crippen molar-refractivity contribution in [2.75, 3.05) is 11.5 Å². The molecular formula is C6H12NOS+. The van der Waals surface area contributed by atoms with E-state index in [1.807, 2.05) is 0 Å². The van der Waals surface area contributed by atoms with E-state index in [-0.39, 0.29) is 17.0 Å². The van der Waals surface area contributed by atoms with Crippen molar-refractivity contribution in [1.29, 1.82) is 0 Å². The Morgan fingerprint density at radius 1 is 1.44 bits per heavy atom. The van der Waals surface area contributed by atoms with Gasteiger partial charge in [-0.05, 0) is 12.8 Å². The summed E-state index contributed by atoms with van der Waals surface area (Å²) in [7, 11) is 0. The van der Waals surface area contributed by atoms with Crippen LogP contribution in [0, 0.1) is 0 Å². The van der Waals surface area contributed by atoms with E-state index in [0.717, 1.165) is 0 Å². The molecular weight excluding hydrogens is 134 g/mol. The van der Waals surface area contributed by atoms with Gasteiger partial charge in [-0.2, -0.15) is 4.72 Å². The molecule has 0 unspecified atom stereocenters. The van der Waals surface area contributed by atoms with Crippen LogP contribution in [-0.4, -0.2) is 17.4 Å². The lowest BCUT2D eigenvalue weighted by Crippen LogP contribution is -2.29. The molecule has 0 radical (unpaired) electrons. The van der Waals surface area contributed by atoms with Crippen LogP contribution in [0.2, 0.25) is 0 Å². The quantitative estimate of drug-likeness (QED) is 0.535. The van der Waals surface area contributed by atoms with Crippen molar-refractivity contribution in [3.63, 3.8) is 0 Å². The van der Waals surface area contributed by atoms with Crippen molar-refractivity contribution in [2.24, 2.45) is 0 Å². The van der Waals surface area contributed by atoms with Gasteiger partial charge < -0.3 is 0 Å². The Morgan fingerprint density at radius 2 is 2.00 bits per heavy atom. The molecule has 0 saturated carbocycles. The second-order valence-electron chi connectivity index (χ2n) is 2.27. The number of nitrogens with one attached hydrogen (secondary N) is 1. The molecule has 1 aliphatic rings. The van der Waals surface area contributed by atoms with E-state index in [1.165, 1.54) is 24.3 Å². The standard InChI is InChI=1S/C6H11NOS/c1-6(8)7-9-4-2-3-5-9/h2-5H2,1H3/p+1. The van der Waals surface area contributed by atoms with Gasteiger partial charge in [0.05, 0.1) is 0 Å². The van der Waals surface area contributed by atoms with Gasteiger partial charge in [0, 0.05) is 6.92 Å². The van der Waals surface area contributed by atoms with Crippen molar-refractivity contribution in [2.45, 2.75) is 19.8 Å². The molecule has 1 heterocycles. The average molecular weight is 146 g/mol. The van der Waals surface area contributed by atoms with Gasteiger partial charge in [-0.25, -0.2) is 0 Å². The number of carbonyl (C=O) groups excluding carboxylic acids is 1. The van der Waals surface area contributed by atoms with Crippen LogP contribution in [-0.2, 0) is 15.9 Å². The van der Waals surface area contributed by atoms with E-state index in [2.05, 4.69) is 4.72 Å². The van der Waals surface area contributed by atoms with E-state index in [4.69, 9.17) is 0 Å². The SMILES string of the molecule is CC(=O)N[S+]1CCCC1. The highest BCUT2D eigenvalue weighted by Gasteiger charge is 2.24. The van der Waals surface area contributed by atoms with Gasteiger partial charge in [0.15, 0.2) is 0 Å². The fourth-order valence-corrected chi connectivity index (χ4v) is 2.88. The molecule has 1 amide bonds. The number of rotatable bonds is 1. The molecule has 0 aromatic carbocycles. The fourth-order valence-electron chi connectivity index (χ4n) is 0.960. The molecule has 3 heteroatoms. The Balaban J connectivity index is 2.19. The maximum Gasteiger partial charge on any atom is 0.257 e. The minimum Gasteiger partial charge on any atom is -0.271 e. The van der Waals surface area contributed by atoms with E-state index in [1.54, 1.807) is 6.92 Å². The third kappa shape index (κ3) is 2.26. The lowest BCUT2D eigenvalue weighted by molar-refractivity contribution is -0.117. The predicted octanol–water partition coefficient (Wildman–Crippen LogP) is 0.450. The first kappa shape index (κ1) is 6.93. The molecule has 0 aromatic rings. The molecule has 0 spiro atoms. The Hall–Kier alpha value is -0.180. The normalized spacial score (nSPS) is 20.1. The van der Waals surface area contributed by atoms with Crippen molar-refractivity contribution in [3.05, 3.63) is 0 Å². The minimum atomic E-state index is 0.125. The first-order chi connectivity index (χ1) is 4.29. The van der Waals surface area contributed by atoms with Crippen LogP contribution < -0.4 is 4.72 Å². The van der Waals surface area contributed by atoms with Gasteiger partial charge in [-0.1, -0.05) is 0 Å². The zero-order valence-corrected chi connectivity index (χ0v) is 6.46. The van der Waals surface area contributed by atoms with Crippen molar-refractivity contribution in [1.82, 2.24) is 4.72 Å². The maximum atomic E-state index is 10.5. The summed E-state index contributed by atoms with van der Waals surface area (Å²) in [6.07, 6.45) is 2.59. The summed E-state index contributed by atoms with van der Waals surface area (Å²) < 4.78 is 2.93.